The van der Waals surface area contributed by atoms with E-state index >= 15 is 0 Å². The first-order valence-corrected chi connectivity index (χ1v) is 13.9. The van der Waals surface area contributed by atoms with Gasteiger partial charge in [-0.3, -0.25) is 9.59 Å². The van der Waals surface area contributed by atoms with E-state index < -0.39 is 15.6 Å². The molecule has 0 saturated heterocycles. The van der Waals surface area contributed by atoms with Gasteiger partial charge in [0.2, 0.25) is 11.0 Å². The summed E-state index contributed by atoms with van der Waals surface area (Å²) >= 11 is 0. The molecule has 34 heavy (non-hydrogen) atoms. The molecule has 0 N–H and O–H groups in total. The molecule has 2 atom stereocenters. The average Bonchev–Trinajstić information content (AvgIpc) is 2.90. The Labute approximate surface area is 199 Å². The lowest BCUT2D eigenvalue weighted by molar-refractivity contribution is 0.107. The van der Waals surface area contributed by atoms with Crippen molar-refractivity contribution in [2.45, 2.75) is 13.3 Å². The Kier molecular flexibility index (Phi) is 6.04. The van der Waals surface area contributed by atoms with E-state index in [1.807, 2.05) is 66.7 Å². The average molecular weight is 484 g/mol. The minimum Gasteiger partial charge on any atom is -0.313 e. The third kappa shape index (κ3) is 3.74. The maximum Gasteiger partial charge on any atom is 0.223 e. The van der Waals surface area contributed by atoms with Gasteiger partial charge in [-0.15, -0.1) is 0 Å². The summed E-state index contributed by atoms with van der Waals surface area (Å²) in [5.74, 6) is 0. The van der Waals surface area contributed by atoms with Crippen molar-refractivity contribution in [1.29, 1.82) is 0 Å². The van der Waals surface area contributed by atoms with Gasteiger partial charge in [0, 0.05) is 21.7 Å². The predicted molar refractivity (Wildman–Crippen MR) is 139 cm³/mol. The normalized spacial score (nSPS) is 17.4. The van der Waals surface area contributed by atoms with Crippen molar-refractivity contribution in [1.82, 2.24) is 0 Å². The SMILES string of the molecule is CCc1ccc2c(c1)[PH](=O)C(=O)c1ccccc1-2.O=C1c2ccccc2-c2ccccc2[PH]1=O. The maximum absolute atomic E-state index is 12.3. The quantitative estimate of drug-likeness (QED) is 0.313. The standard InChI is InChI=1S/C15H13O2P.C13H9O2P/c1-2-10-7-8-12-11-5-3-4-6-13(11)15(16)18(17)14(12)9-10;14-13-11-7-2-1-5-9(11)10-6-3-4-8-12(10)16(13)15/h3-9,18H,2H2,1H3;1-8,16H. The fourth-order valence-corrected chi connectivity index (χ4v) is 7.38. The van der Waals surface area contributed by atoms with Crippen LogP contribution < -0.4 is 10.6 Å². The summed E-state index contributed by atoms with van der Waals surface area (Å²) in [5, 5.41) is 1.42. The van der Waals surface area contributed by atoms with E-state index in [1.165, 1.54) is 0 Å². The molecule has 4 aromatic rings. The molecule has 0 bridgehead atoms. The van der Waals surface area contributed by atoms with E-state index in [0.29, 0.717) is 16.4 Å². The van der Waals surface area contributed by atoms with Crippen LogP contribution in [0.15, 0.2) is 91.0 Å². The summed E-state index contributed by atoms with van der Waals surface area (Å²) in [6.07, 6.45) is 0.887. The number of fused-ring (bicyclic) bond motifs is 6. The molecule has 0 amide bonds. The Morgan fingerprint density at radius 3 is 1.53 bits per heavy atom. The zero-order chi connectivity index (χ0) is 23.8. The molecule has 6 heteroatoms. The van der Waals surface area contributed by atoms with Crippen LogP contribution in [0.3, 0.4) is 0 Å². The van der Waals surface area contributed by atoms with Gasteiger partial charge in [0.1, 0.15) is 0 Å². The second-order valence-electron chi connectivity index (χ2n) is 8.19. The van der Waals surface area contributed by atoms with E-state index in [1.54, 1.807) is 24.3 Å². The molecule has 0 spiro atoms. The van der Waals surface area contributed by atoms with Crippen LogP contribution in [0.2, 0.25) is 0 Å². The summed E-state index contributed by atoms with van der Waals surface area (Å²) < 4.78 is 24.3. The van der Waals surface area contributed by atoms with E-state index in [-0.39, 0.29) is 11.0 Å². The van der Waals surface area contributed by atoms with Gasteiger partial charge in [0.25, 0.3) is 0 Å². The molecule has 2 aliphatic heterocycles. The first-order valence-electron chi connectivity index (χ1n) is 11.1. The molecular formula is C28H22O4P2. The topological polar surface area (TPSA) is 68.3 Å². The number of carbonyl (C=O) groups excluding carboxylic acids is 2. The van der Waals surface area contributed by atoms with E-state index in [0.717, 1.165) is 39.5 Å². The summed E-state index contributed by atoms with van der Waals surface area (Å²) in [6.45, 7) is 2.05. The van der Waals surface area contributed by atoms with E-state index in [2.05, 4.69) is 6.92 Å². The van der Waals surface area contributed by atoms with Crippen molar-refractivity contribution in [2.24, 2.45) is 0 Å². The van der Waals surface area contributed by atoms with Crippen molar-refractivity contribution in [3.8, 4) is 22.3 Å². The van der Waals surface area contributed by atoms with Crippen LogP contribution in [-0.4, -0.2) is 11.0 Å². The largest absolute Gasteiger partial charge is 0.313 e. The second-order valence-corrected chi connectivity index (χ2v) is 11.5. The highest BCUT2D eigenvalue weighted by Gasteiger charge is 2.29. The zero-order valence-electron chi connectivity index (χ0n) is 18.5. The van der Waals surface area contributed by atoms with Gasteiger partial charge in [-0.05, 0) is 40.3 Å². The predicted octanol–water partition coefficient (Wildman–Crippen LogP) is 5.95. The summed E-state index contributed by atoms with van der Waals surface area (Å²) in [5.41, 5.74) is 5.56. The minimum absolute atomic E-state index is 0.212. The van der Waals surface area contributed by atoms with E-state index in [4.69, 9.17) is 0 Å². The van der Waals surface area contributed by atoms with Crippen LogP contribution in [0.1, 0.15) is 33.2 Å². The van der Waals surface area contributed by atoms with Crippen molar-refractivity contribution in [3.05, 3.63) is 108 Å². The van der Waals surface area contributed by atoms with Gasteiger partial charge >= 0.3 is 0 Å². The Morgan fingerprint density at radius 1 is 0.529 bits per heavy atom. The third-order valence-electron chi connectivity index (χ3n) is 6.24. The van der Waals surface area contributed by atoms with Crippen LogP contribution in [-0.2, 0) is 15.6 Å². The molecular weight excluding hydrogens is 462 g/mol. The maximum atomic E-state index is 12.3. The zero-order valence-corrected chi connectivity index (χ0v) is 20.5. The summed E-state index contributed by atoms with van der Waals surface area (Å²) in [6, 6.07) is 28.1. The van der Waals surface area contributed by atoms with Gasteiger partial charge in [0.15, 0.2) is 15.6 Å². The van der Waals surface area contributed by atoms with Gasteiger partial charge in [0.05, 0.1) is 0 Å². The number of hydrogen-bond donors (Lipinski definition) is 0. The number of hydrogen-bond acceptors (Lipinski definition) is 4. The lowest BCUT2D eigenvalue weighted by Gasteiger charge is -2.19. The van der Waals surface area contributed by atoms with Crippen LogP contribution >= 0.6 is 15.6 Å². The Hall–Kier alpha value is -3.32. The van der Waals surface area contributed by atoms with Gasteiger partial charge in [-0.2, -0.15) is 0 Å². The van der Waals surface area contributed by atoms with E-state index in [9.17, 15) is 18.7 Å². The highest BCUT2D eigenvalue weighted by molar-refractivity contribution is 7.72. The Balaban J connectivity index is 0.000000142. The minimum atomic E-state index is -2.36. The Bertz CT molecular complexity index is 1470. The molecule has 4 nitrogen and oxygen atoms in total. The first-order chi connectivity index (χ1) is 16.5. The smallest absolute Gasteiger partial charge is 0.223 e. The van der Waals surface area contributed by atoms with Crippen LogP contribution in [0, 0.1) is 0 Å². The monoisotopic (exact) mass is 484 g/mol. The molecule has 2 heterocycles. The number of carbonyl (C=O) groups is 2. The van der Waals surface area contributed by atoms with Crippen molar-refractivity contribution >= 4 is 37.3 Å². The van der Waals surface area contributed by atoms with Crippen LogP contribution in [0.25, 0.3) is 22.3 Å². The fourth-order valence-electron chi connectivity index (χ4n) is 4.47. The second kappa shape index (κ2) is 9.14. The van der Waals surface area contributed by atoms with Gasteiger partial charge in [-0.25, -0.2) is 0 Å². The van der Waals surface area contributed by atoms with Gasteiger partial charge in [-0.1, -0.05) is 91.9 Å². The number of aryl methyl sites for hydroxylation is 1. The molecule has 0 aromatic heterocycles. The molecule has 0 fully saturated rings. The van der Waals surface area contributed by atoms with Crippen molar-refractivity contribution in [3.63, 3.8) is 0 Å². The first kappa shape index (κ1) is 22.5. The number of rotatable bonds is 1. The van der Waals surface area contributed by atoms with Crippen LogP contribution in [0.5, 0.6) is 0 Å². The molecule has 6 rings (SSSR count). The molecule has 2 unspecified atom stereocenters. The van der Waals surface area contributed by atoms with Crippen LogP contribution in [0.4, 0.5) is 0 Å². The molecule has 0 saturated carbocycles. The van der Waals surface area contributed by atoms with Gasteiger partial charge < -0.3 is 9.13 Å². The van der Waals surface area contributed by atoms with Crippen molar-refractivity contribution in [2.75, 3.05) is 0 Å². The third-order valence-corrected chi connectivity index (χ3v) is 9.44. The lowest BCUT2D eigenvalue weighted by Crippen LogP contribution is -2.15. The molecule has 4 aromatic carbocycles. The Morgan fingerprint density at radius 2 is 0.971 bits per heavy atom. The highest BCUT2D eigenvalue weighted by atomic mass is 31.1. The van der Waals surface area contributed by atoms with Crippen molar-refractivity contribution < 1.29 is 18.7 Å². The molecule has 0 radical (unpaired) electrons. The lowest BCUT2D eigenvalue weighted by atomic mass is 9.98. The molecule has 2 aliphatic rings. The summed E-state index contributed by atoms with van der Waals surface area (Å²) in [7, 11) is -4.69. The number of benzene rings is 4. The molecule has 0 aliphatic carbocycles. The summed E-state index contributed by atoms with van der Waals surface area (Å²) in [4.78, 5) is 24.0. The highest BCUT2D eigenvalue weighted by Crippen LogP contribution is 2.41. The fraction of sp³-hybridized carbons (Fsp3) is 0.0714. The molecule has 168 valence electrons.